The molecule has 2 aliphatic rings. The predicted octanol–water partition coefficient (Wildman–Crippen LogP) is 1.70. The van der Waals surface area contributed by atoms with Crippen molar-refractivity contribution in [3.05, 3.63) is 6.42 Å². The molecule has 0 aromatic heterocycles. The maximum atomic E-state index is 2.60. The molecule has 1 saturated heterocycles. The molecular weight excluding hydrogens is 122 g/mol. The van der Waals surface area contributed by atoms with E-state index >= 15 is 0 Å². The number of likely N-dealkylation sites (tertiary alicyclic amines) is 1. The van der Waals surface area contributed by atoms with Crippen LogP contribution in [0.1, 0.15) is 25.7 Å². The molecule has 0 aromatic carbocycles. The molecule has 0 spiro atoms. The highest BCUT2D eigenvalue weighted by atomic mass is 15.1. The van der Waals surface area contributed by atoms with E-state index in [2.05, 4.69) is 11.3 Å². The van der Waals surface area contributed by atoms with Gasteiger partial charge in [0, 0.05) is 13.1 Å². The summed E-state index contributed by atoms with van der Waals surface area (Å²) in [5.74, 6) is 1.08. The normalized spacial score (nSPS) is 28.8. The summed E-state index contributed by atoms with van der Waals surface area (Å²) in [6.45, 7) is 4.00. The van der Waals surface area contributed by atoms with Gasteiger partial charge in [0.15, 0.2) is 0 Å². The van der Waals surface area contributed by atoms with Crippen LogP contribution in [0, 0.1) is 12.3 Å². The number of piperidine rings is 1. The Hall–Kier alpha value is -0.0400. The third-order valence-corrected chi connectivity index (χ3v) is 2.48. The van der Waals surface area contributed by atoms with Gasteiger partial charge >= 0.3 is 0 Å². The van der Waals surface area contributed by atoms with Crippen molar-refractivity contribution in [2.75, 3.05) is 19.6 Å². The molecule has 2 rings (SSSR count). The second-order valence-electron chi connectivity index (χ2n) is 3.63. The molecule has 1 aliphatic heterocycles. The third-order valence-electron chi connectivity index (χ3n) is 2.48. The minimum absolute atomic E-state index is 1.08. The molecular formula is C9H16N. The van der Waals surface area contributed by atoms with Crippen LogP contribution in [0.25, 0.3) is 0 Å². The van der Waals surface area contributed by atoms with Gasteiger partial charge in [0.2, 0.25) is 0 Å². The molecule has 57 valence electrons. The maximum Gasteiger partial charge on any atom is 0.00129 e. The van der Waals surface area contributed by atoms with E-state index in [0.717, 1.165) is 5.92 Å². The van der Waals surface area contributed by atoms with E-state index in [1.807, 2.05) is 0 Å². The lowest BCUT2D eigenvalue weighted by Crippen LogP contribution is -2.31. The zero-order valence-electron chi connectivity index (χ0n) is 6.55. The zero-order valence-corrected chi connectivity index (χ0v) is 6.55. The van der Waals surface area contributed by atoms with E-state index < -0.39 is 0 Å². The average molecular weight is 138 g/mol. The monoisotopic (exact) mass is 138 g/mol. The minimum Gasteiger partial charge on any atom is -0.303 e. The van der Waals surface area contributed by atoms with Crippen molar-refractivity contribution >= 4 is 0 Å². The van der Waals surface area contributed by atoms with Crippen LogP contribution in [0.4, 0.5) is 0 Å². The van der Waals surface area contributed by atoms with Gasteiger partial charge in [-0.05, 0) is 44.6 Å². The van der Waals surface area contributed by atoms with Crippen molar-refractivity contribution in [1.29, 1.82) is 0 Å². The van der Waals surface area contributed by atoms with Crippen molar-refractivity contribution in [1.82, 2.24) is 4.90 Å². The van der Waals surface area contributed by atoms with Gasteiger partial charge < -0.3 is 4.90 Å². The Balaban J connectivity index is 1.69. The van der Waals surface area contributed by atoms with Crippen LogP contribution in [-0.4, -0.2) is 24.5 Å². The number of nitrogens with zero attached hydrogens (tertiary/aromatic N) is 1. The molecule has 1 nitrogen and oxygen atoms in total. The predicted molar refractivity (Wildman–Crippen MR) is 42.7 cm³/mol. The molecule has 1 saturated carbocycles. The highest BCUT2D eigenvalue weighted by molar-refractivity contribution is 4.83. The molecule has 0 aromatic rings. The van der Waals surface area contributed by atoms with Gasteiger partial charge in [-0.2, -0.15) is 0 Å². The first-order valence-electron chi connectivity index (χ1n) is 4.49. The van der Waals surface area contributed by atoms with Gasteiger partial charge in [-0.1, -0.05) is 0 Å². The quantitative estimate of drug-likeness (QED) is 0.561. The number of hydrogen-bond donors (Lipinski definition) is 0. The van der Waals surface area contributed by atoms with E-state index in [9.17, 15) is 0 Å². The first-order valence-corrected chi connectivity index (χ1v) is 4.49. The maximum absolute atomic E-state index is 2.60. The van der Waals surface area contributed by atoms with Crippen LogP contribution in [-0.2, 0) is 0 Å². The molecule has 1 heteroatoms. The van der Waals surface area contributed by atoms with Crippen LogP contribution < -0.4 is 0 Å². The summed E-state index contributed by atoms with van der Waals surface area (Å²) in [6, 6.07) is 0. The smallest absolute Gasteiger partial charge is 0.00129 e. The highest BCUT2D eigenvalue weighted by Crippen LogP contribution is 2.30. The standard InChI is InChI=1S/C9H16N/c1-2-6-10(7-3-1)8-9-4-5-9/h2,9H,1,3-8H2. The van der Waals surface area contributed by atoms with Crippen molar-refractivity contribution < 1.29 is 0 Å². The molecule has 2 fully saturated rings. The van der Waals surface area contributed by atoms with Crippen LogP contribution >= 0.6 is 0 Å². The summed E-state index contributed by atoms with van der Waals surface area (Å²) in [5, 5.41) is 0. The lowest BCUT2D eigenvalue weighted by Gasteiger charge is -2.25. The summed E-state index contributed by atoms with van der Waals surface area (Å²) in [4.78, 5) is 2.60. The molecule has 0 bridgehead atoms. The van der Waals surface area contributed by atoms with E-state index in [0.29, 0.717) is 0 Å². The summed E-state index contributed by atoms with van der Waals surface area (Å²) < 4.78 is 0. The van der Waals surface area contributed by atoms with Gasteiger partial charge in [0.1, 0.15) is 0 Å². The average Bonchev–Trinajstić information content (AvgIpc) is 2.74. The molecule has 10 heavy (non-hydrogen) atoms. The Morgan fingerprint density at radius 2 is 2.30 bits per heavy atom. The van der Waals surface area contributed by atoms with E-state index in [1.54, 1.807) is 0 Å². The van der Waals surface area contributed by atoms with Crippen LogP contribution in [0.3, 0.4) is 0 Å². The van der Waals surface area contributed by atoms with Gasteiger partial charge in [0.25, 0.3) is 0 Å². The second-order valence-corrected chi connectivity index (χ2v) is 3.63. The molecule has 1 radical (unpaired) electrons. The molecule has 0 atom stereocenters. The Labute approximate surface area is 63.4 Å². The summed E-state index contributed by atoms with van der Waals surface area (Å²) in [7, 11) is 0. The van der Waals surface area contributed by atoms with E-state index in [4.69, 9.17) is 0 Å². The molecule has 1 heterocycles. The number of rotatable bonds is 2. The summed E-state index contributed by atoms with van der Waals surface area (Å²) in [6.07, 6.45) is 8.16. The van der Waals surface area contributed by atoms with Gasteiger partial charge in [-0.15, -0.1) is 0 Å². The molecule has 0 unspecified atom stereocenters. The molecule has 1 aliphatic carbocycles. The van der Waals surface area contributed by atoms with Crippen molar-refractivity contribution in [3.63, 3.8) is 0 Å². The summed E-state index contributed by atoms with van der Waals surface area (Å²) >= 11 is 0. The third kappa shape index (κ3) is 1.72. The summed E-state index contributed by atoms with van der Waals surface area (Å²) in [5.41, 5.74) is 0. The van der Waals surface area contributed by atoms with Crippen molar-refractivity contribution in [3.8, 4) is 0 Å². The fraction of sp³-hybridized carbons (Fsp3) is 0.889. The fourth-order valence-electron chi connectivity index (χ4n) is 1.66. The highest BCUT2D eigenvalue weighted by Gasteiger charge is 2.24. The fourth-order valence-corrected chi connectivity index (χ4v) is 1.66. The zero-order chi connectivity index (χ0) is 6.81. The van der Waals surface area contributed by atoms with Gasteiger partial charge in [-0.3, -0.25) is 0 Å². The van der Waals surface area contributed by atoms with Gasteiger partial charge in [0.05, 0.1) is 0 Å². The first-order chi connectivity index (χ1) is 4.95. The lowest BCUT2D eigenvalue weighted by atomic mass is 10.1. The van der Waals surface area contributed by atoms with E-state index in [1.165, 1.54) is 45.3 Å². The SMILES string of the molecule is [CH]1CCCN(CC2CC2)C1. The van der Waals surface area contributed by atoms with E-state index in [-0.39, 0.29) is 0 Å². The Kier molecular flexibility index (Phi) is 1.94. The van der Waals surface area contributed by atoms with Crippen molar-refractivity contribution in [2.45, 2.75) is 25.7 Å². The topological polar surface area (TPSA) is 3.24 Å². The van der Waals surface area contributed by atoms with Crippen molar-refractivity contribution in [2.24, 2.45) is 5.92 Å². The van der Waals surface area contributed by atoms with Crippen LogP contribution in [0.15, 0.2) is 0 Å². The van der Waals surface area contributed by atoms with Crippen LogP contribution in [0.5, 0.6) is 0 Å². The number of hydrogen-bond acceptors (Lipinski definition) is 1. The Morgan fingerprint density at radius 3 is 2.90 bits per heavy atom. The Morgan fingerprint density at radius 1 is 1.40 bits per heavy atom. The molecule has 0 amide bonds. The Bertz CT molecular complexity index is 101. The first kappa shape index (κ1) is 6.66. The van der Waals surface area contributed by atoms with Crippen LogP contribution in [0.2, 0.25) is 0 Å². The second kappa shape index (κ2) is 2.91. The van der Waals surface area contributed by atoms with Gasteiger partial charge in [-0.25, -0.2) is 0 Å². The lowest BCUT2D eigenvalue weighted by molar-refractivity contribution is 0.253. The molecule has 0 N–H and O–H groups in total. The minimum atomic E-state index is 1.08. The largest absolute Gasteiger partial charge is 0.303 e.